The van der Waals surface area contributed by atoms with Gasteiger partial charge in [0.2, 0.25) is 11.8 Å². The molecule has 0 unspecified atom stereocenters. The fraction of sp³-hybridized carbons (Fsp3) is 0.667. The zero-order valence-electron chi connectivity index (χ0n) is 8.48. The first-order chi connectivity index (χ1) is 7.36. The molecule has 1 aromatic rings. The first kappa shape index (κ1) is 10.1. The Kier molecular flexibility index (Phi) is 3.29. The summed E-state index contributed by atoms with van der Waals surface area (Å²) in [5.74, 6) is 0.688. The first-order valence-electron chi connectivity index (χ1n) is 5.10. The molecule has 0 radical (unpaired) electrons. The van der Waals surface area contributed by atoms with E-state index in [1.54, 1.807) is 0 Å². The Labute approximate surface area is 87.6 Å². The van der Waals surface area contributed by atoms with E-state index in [0.717, 1.165) is 26.2 Å². The van der Waals surface area contributed by atoms with Gasteiger partial charge in [0.05, 0.1) is 0 Å². The number of rotatable bonds is 3. The van der Waals surface area contributed by atoms with E-state index in [1.165, 1.54) is 6.33 Å². The maximum Gasteiger partial charge on any atom is 0.226 e. The van der Waals surface area contributed by atoms with Crippen molar-refractivity contribution in [3.05, 3.63) is 12.2 Å². The zero-order valence-corrected chi connectivity index (χ0v) is 8.48. The monoisotopic (exact) mass is 210 g/mol. The third-order valence-corrected chi connectivity index (χ3v) is 2.43. The van der Waals surface area contributed by atoms with Crippen molar-refractivity contribution in [3.8, 4) is 0 Å². The van der Waals surface area contributed by atoms with Crippen LogP contribution < -0.4 is 5.32 Å². The van der Waals surface area contributed by atoms with E-state index in [4.69, 9.17) is 4.52 Å². The van der Waals surface area contributed by atoms with Crippen molar-refractivity contribution < 1.29 is 9.32 Å². The summed E-state index contributed by atoms with van der Waals surface area (Å²) in [6, 6.07) is 0. The summed E-state index contributed by atoms with van der Waals surface area (Å²) in [7, 11) is 0. The van der Waals surface area contributed by atoms with Crippen molar-refractivity contribution in [2.24, 2.45) is 0 Å². The van der Waals surface area contributed by atoms with Crippen LogP contribution in [0.15, 0.2) is 10.9 Å². The summed E-state index contributed by atoms with van der Waals surface area (Å²) in [5.41, 5.74) is 0. The number of aryl methyl sites for hydroxylation is 1. The maximum atomic E-state index is 11.7. The van der Waals surface area contributed by atoms with Crippen LogP contribution in [0.3, 0.4) is 0 Å². The van der Waals surface area contributed by atoms with Crippen LogP contribution in [0.5, 0.6) is 0 Å². The lowest BCUT2D eigenvalue weighted by Gasteiger charge is -2.27. The normalized spacial score (nSPS) is 16.7. The molecule has 1 saturated heterocycles. The molecule has 2 heterocycles. The van der Waals surface area contributed by atoms with Gasteiger partial charge in [-0.2, -0.15) is 4.98 Å². The van der Waals surface area contributed by atoms with Gasteiger partial charge in [-0.1, -0.05) is 5.16 Å². The van der Waals surface area contributed by atoms with E-state index in [1.807, 2.05) is 4.90 Å². The number of nitrogens with one attached hydrogen (secondary N) is 1. The molecule has 1 amide bonds. The quantitative estimate of drug-likeness (QED) is 0.723. The van der Waals surface area contributed by atoms with Crippen molar-refractivity contribution >= 4 is 5.91 Å². The van der Waals surface area contributed by atoms with Crippen LogP contribution in [0.1, 0.15) is 12.3 Å². The third-order valence-electron chi connectivity index (χ3n) is 2.43. The van der Waals surface area contributed by atoms with Crippen LogP contribution in [0.2, 0.25) is 0 Å². The molecule has 0 saturated carbocycles. The Morgan fingerprint density at radius 1 is 1.53 bits per heavy atom. The van der Waals surface area contributed by atoms with Crippen molar-refractivity contribution in [3.63, 3.8) is 0 Å². The predicted octanol–water partition coefficient (Wildman–Crippen LogP) is -0.566. The summed E-state index contributed by atoms with van der Waals surface area (Å²) in [6.45, 7) is 3.35. The summed E-state index contributed by atoms with van der Waals surface area (Å²) in [5, 5.41) is 6.70. The Morgan fingerprint density at radius 2 is 2.33 bits per heavy atom. The van der Waals surface area contributed by atoms with Gasteiger partial charge in [-0.05, 0) is 0 Å². The molecule has 0 aromatic carbocycles. The zero-order chi connectivity index (χ0) is 10.5. The largest absolute Gasteiger partial charge is 0.340 e. The van der Waals surface area contributed by atoms with Crippen LogP contribution in [-0.4, -0.2) is 47.1 Å². The number of piperazine rings is 1. The SMILES string of the molecule is O=C(CCc1ncno1)N1CCNCC1. The molecule has 6 nitrogen and oxygen atoms in total. The highest BCUT2D eigenvalue weighted by molar-refractivity contribution is 5.76. The van der Waals surface area contributed by atoms with Crippen molar-refractivity contribution in [1.82, 2.24) is 20.4 Å². The van der Waals surface area contributed by atoms with E-state index in [2.05, 4.69) is 15.5 Å². The minimum Gasteiger partial charge on any atom is -0.340 e. The van der Waals surface area contributed by atoms with E-state index in [-0.39, 0.29) is 5.91 Å². The lowest BCUT2D eigenvalue weighted by Crippen LogP contribution is -2.46. The van der Waals surface area contributed by atoms with Crippen molar-refractivity contribution in [2.45, 2.75) is 12.8 Å². The summed E-state index contributed by atoms with van der Waals surface area (Å²) < 4.78 is 4.83. The van der Waals surface area contributed by atoms with Crippen LogP contribution in [0, 0.1) is 0 Å². The molecule has 82 valence electrons. The minimum absolute atomic E-state index is 0.162. The first-order valence-corrected chi connectivity index (χ1v) is 5.10. The maximum absolute atomic E-state index is 11.7. The molecule has 1 fully saturated rings. The van der Waals surface area contributed by atoms with Gasteiger partial charge in [-0.15, -0.1) is 0 Å². The average molecular weight is 210 g/mol. The van der Waals surface area contributed by atoms with E-state index in [0.29, 0.717) is 18.7 Å². The number of carbonyl (C=O) groups excluding carboxylic acids is 1. The van der Waals surface area contributed by atoms with Crippen LogP contribution >= 0.6 is 0 Å². The van der Waals surface area contributed by atoms with Gasteiger partial charge in [-0.3, -0.25) is 4.79 Å². The van der Waals surface area contributed by atoms with Gasteiger partial charge in [0.25, 0.3) is 0 Å². The van der Waals surface area contributed by atoms with Gasteiger partial charge in [0, 0.05) is 39.0 Å². The number of hydrogen-bond donors (Lipinski definition) is 1. The van der Waals surface area contributed by atoms with Crippen molar-refractivity contribution in [1.29, 1.82) is 0 Å². The Bertz CT molecular complexity index is 306. The number of aromatic nitrogens is 2. The van der Waals surface area contributed by atoms with Gasteiger partial charge in [-0.25, -0.2) is 0 Å². The topological polar surface area (TPSA) is 71.3 Å². The van der Waals surface area contributed by atoms with Gasteiger partial charge >= 0.3 is 0 Å². The molecule has 0 aliphatic carbocycles. The Balaban J connectivity index is 1.76. The molecular weight excluding hydrogens is 196 g/mol. The highest BCUT2D eigenvalue weighted by Gasteiger charge is 2.16. The smallest absolute Gasteiger partial charge is 0.226 e. The summed E-state index contributed by atoms with van der Waals surface area (Å²) >= 11 is 0. The van der Waals surface area contributed by atoms with E-state index >= 15 is 0 Å². The summed E-state index contributed by atoms with van der Waals surface area (Å²) in [4.78, 5) is 17.4. The molecule has 6 heteroatoms. The van der Waals surface area contributed by atoms with Crippen LogP contribution in [-0.2, 0) is 11.2 Å². The molecular formula is C9H14N4O2. The highest BCUT2D eigenvalue weighted by atomic mass is 16.5. The van der Waals surface area contributed by atoms with Crippen LogP contribution in [0.25, 0.3) is 0 Å². The van der Waals surface area contributed by atoms with Gasteiger partial charge < -0.3 is 14.7 Å². The molecule has 0 atom stereocenters. The Hall–Kier alpha value is -1.43. The van der Waals surface area contributed by atoms with E-state index < -0.39 is 0 Å². The minimum atomic E-state index is 0.162. The molecule has 1 N–H and O–H groups in total. The summed E-state index contributed by atoms with van der Waals surface area (Å²) in [6.07, 6.45) is 2.33. The molecule has 1 aliphatic heterocycles. The molecule has 1 aliphatic rings. The van der Waals surface area contributed by atoms with Gasteiger partial charge in [0.15, 0.2) is 6.33 Å². The van der Waals surface area contributed by atoms with Crippen LogP contribution in [0.4, 0.5) is 0 Å². The second-order valence-corrected chi connectivity index (χ2v) is 3.47. The molecule has 0 spiro atoms. The average Bonchev–Trinajstić information content (AvgIpc) is 2.80. The lowest BCUT2D eigenvalue weighted by atomic mass is 10.2. The van der Waals surface area contributed by atoms with E-state index in [9.17, 15) is 4.79 Å². The third kappa shape index (κ3) is 2.76. The number of amides is 1. The second kappa shape index (κ2) is 4.88. The van der Waals surface area contributed by atoms with Gasteiger partial charge in [0.1, 0.15) is 0 Å². The molecule has 15 heavy (non-hydrogen) atoms. The number of hydrogen-bond acceptors (Lipinski definition) is 5. The number of carbonyl (C=O) groups is 1. The lowest BCUT2D eigenvalue weighted by molar-refractivity contribution is -0.131. The number of nitrogens with zero attached hydrogens (tertiary/aromatic N) is 3. The highest BCUT2D eigenvalue weighted by Crippen LogP contribution is 2.02. The molecule has 2 rings (SSSR count). The molecule has 1 aromatic heterocycles. The fourth-order valence-corrected chi connectivity index (χ4v) is 1.59. The standard InChI is InChI=1S/C9H14N4O2/c14-9(13-5-3-10-4-6-13)2-1-8-11-7-12-15-8/h7,10H,1-6H2. The predicted molar refractivity (Wildman–Crippen MR) is 52.1 cm³/mol. The second-order valence-electron chi connectivity index (χ2n) is 3.47. The fourth-order valence-electron chi connectivity index (χ4n) is 1.59. The molecule has 0 bridgehead atoms. The Morgan fingerprint density at radius 3 is 3.00 bits per heavy atom. The van der Waals surface area contributed by atoms with Crippen molar-refractivity contribution in [2.75, 3.05) is 26.2 Å².